The molecule has 4 nitrogen and oxygen atoms in total. The van der Waals surface area contributed by atoms with Crippen LogP contribution in [0.4, 0.5) is 0 Å². The Morgan fingerprint density at radius 2 is 1.94 bits per heavy atom. The van der Waals surface area contributed by atoms with Crippen LogP contribution < -0.4 is 5.32 Å². The molecule has 1 saturated heterocycles. The van der Waals surface area contributed by atoms with E-state index in [0.29, 0.717) is 6.61 Å². The minimum atomic E-state index is -0.968. The van der Waals surface area contributed by atoms with Crippen molar-refractivity contribution in [2.75, 3.05) is 6.61 Å². The number of hydrogen-bond donors (Lipinski definition) is 2. The zero-order valence-corrected chi connectivity index (χ0v) is 10.8. The Balaban J connectivity index is 2.64. The molecule has 0 saturated carbocycles. The lowest BCUT2D eigenvalue weighted by Crippen LogP contribution is -2.59. The first kappa shape index (κ1) is 13.5. The molecule has 1 aliphatic rings. The lowest BCUT2D eigenvalue weighted by molar-refractivity contribution is -0.136. The van der Waals surface area contributed by atoms with Gasteiger partial charge in [-0.25, -0.2) is 0 Å². The minimum Gasteiger partial charge on any atom is -0.388 e. The molecule has 4 heteroatoms. The van der Waals surface area contributed by atoms with Crippen molar-refractivity contribution in [1.82, 2.24) is 5.32 Å². The maximum absolute atomic E-state index is 12.0. The molecule has 2 unspecified atom stereocenters. The van der Waals surface area contributed by atoms with E-state index in [1.807, 2.05) is 20.8 Å². The van der Waals surface area contributed by atoms with Crippen molar-refractivity contribution in [3.8, 4) is 0 Å². The molecule has 2 atom stereocenters. The number of carbonyl (C=O) groups excluding carboxylic acids is 1. The van der Waals surface area contributed by atoms with E-state index in [2.05, 4.69) is 5.32 Å². The normalized spacial score (nSPS) is 26.9. The van der Waals surface area contributed by atoms with Gasteiger partial charge in [0.2, 0.25) is 5.91 Å². The molecule has 0 spiro atoms. The number of carbonyl (C=O) groups is 1. The summed E-state index contributed by atoms with van der Waals surface area (Å²) in [5.41, 5.74) is -1.64. The minimum absolute atomic E-state index is 0.128. The Morgan fingerprint density at radius 3 is 2.31 bits per heavy atom. The molecular weight excluding hydrogens is 206 g/mol. The molecular formula is C12H23NO3. The highest BCUT2D eigenvalue weighted by Crippen LogP contribution is 2.24. The quantitative estimate of drug-likeness (QED) is 0.761. The summed E-state index contributed by atoms with van der Waals surface area (Å²) in [4.78, 5) is 12.0. The van der Waals surface area contributed by atoms with Gasteiger partial charge in [0.1, 0.15) is 6.10 Å². The fourth-order valence-electron chi connectivity index (χ4n) is 1.56. The second-order valence-corrected chi connectivity index (χ2v) is 5.73. The summed E-state index contributed by atoms with van der Waals surface area (Å²) in [7, 11) is 0. The lowest BCUT2D eigenvalue weighted by atomic mass is 9.85. The summed E-state index contributed by atoms with van der Waals surface area (Å²) >= 11 is 0. The van der Waals surface area contributed by atoms with Crippen LogP contribution in [0.15, 0.2) is 0 Å². The van der Waals surface area contributed by atoms with Crippen LogP contribution in [-0.2, 0) is 9.53 Å². The molecule has 1 aliphatic heterocycles. The molecule has 94 valence electrons. The average Bonchev–Trinajstić information content (AvgIpc) is 2.48. The van der Waals surface area contributed by atoms with Crippen LogP contribution in [0.3, 0.4) is 0 Å². The van der Waals surface area contributed by atoms with Crippen LogP contribution >= 0.6 is 0 Å². The van der Waals surface area contributed by atoms with Gasteiger partial charge in [0.25, 0.3) is 0 Å². The van der Waals surface area contributed by atoms with Gasteiger partial charge in [-0.3, -0.25) is 4.79 Å². The molecule has 0 aromatic rings. The predicted octanol–water partition coefficient (Wildman–Crippen LogP) is 1.08. The van der Waals surface area contributed by atoms with Gasteiger partial charge in [-0.1, -0.05) is 6.92 Å². The lowest BCUT2D eigenvalue weighted by Gasteiger charge is -2.38. The summed E-state index contributed by atoms with van der Waals surface area (Å²) < 4.78 is 5.39. The molecule has 0 aliphatic carbocycles. The highest BCUT2D eigenvalue weighted by Gasteiger charge is 2.40. The van der Waals surface area contributed by atoms with Crippen LogP contribution in [-0.4, -0.2) is 34.9 Å². The number of ether oxygens (including phenoxy) is 1. The van der Waals surface area contributed by atoms with Crippen molar-refractivity contribution in [1.29, 1.82) is 0 Å². The Bertz CT molecular complexity index is 268. The third-order valence-corrected chi connectivity index (χ3v) is 3.61. The van der Waals surface area contributed by atoms with Gasteiger partial charge in [-0.05, 0) is 40.0 Å². The first-order valence-corrected chi connectivity index (χ1v) is 5.81. The molecule has 0 aromatic carbocycles. The Kier molecular flexibility index (Phi) is 3.65. The zero-order chi connectivity index (χ0) is 12.6. The first-order valence-electron chi connectivity index (χ1n) is 5.81. The van der Waals surface area contributed by atoms with Crippen molar-refractivity contribution in [3.63, 3.8) is 0 Å². The molecule has 2 N–H and O–H groups in total. The average molecular weight is 229 g/mol. The molecule has 0 bridgehead atoms. The number of hydrogen-bond acceptors (Lipinski definition) is 3. The molecule has 16 heavy (non-hydrogen) atoms. The van der Waals surface area contributed by atoms with Crippen molar-refractivity contribution < 1.29 is 14.6 Å². The van der Waals surface area contributed by atoms with Crippen molar-refractivity contribution >= 4 is 5.91 Å². The van der Waals surface area contributed by atoms with Gasteiger partial charge in [-0.2, -0.15) is 0 Å². The van der Waals surface area contributed by atoms with E-state index in [0.717, 1.165) is 6.42 Å². The van der Waals surface area contributed by atoms with Crippen LogP contribution in [0.25, 0.3) is 0 Å². The van der Waals surface area contributed by atoms with Crippen LogP contribution in [0.2, 0.25) is 0 Å². The van der Waals surface area contributed by atoms with Crippen LogP contribution in [0.1, 0.15) is 41.0 Å². The number of nitrogens with one attached hydrogen (secondary N) is 1. The van der Waals surface area contributed by atoms with Gasteiger partial charge in [0.15, 0.2) is 0 Å². The van der Waals surface area contributed by atoms with E-state index >= 15 is 0 Å². The third-order valence-electron chi connectivity index (χ3n) is 3.61. The molecule has 1 fully saturated rings. The molecule has 1 amide bonds. The fourth-order valence-corrected chi connectivity index (χ4v) is 1.56. The summed E-state index contributed by atoms with van der Waals surface area (Å²) in [6.07, 6.45) is 0.544. The van der Waals surface area contributed by atoms with Crippen LogP contribution in [0.5, 0.6) is 0 Å². The maximum atomic E-state index is 12.0. The fraction of sp³-hybridized carbons (Fsp3) is 0.917. The third kappa shape index (κ3) is 2.74. The van der Waals surface area contributed by atoms with Crippen molar-refractivity contribution in [2.24, 2.45) is 5.92 Å². The first-order chi connectivity index (χ1) is 7.15. The SMILES string of the molecule is CC1CCOC1C(=O)NC(C)(C)C(C)(C)O. The Hall–Kier alpha value is -0.610. The van der Waals surface area contributed by atoms with Crippen LogP contribution in [0, 0.1) is 5.92 Å². The molecule has 1 rings (SSSR count). The van der Waals surface area contributed by atoms with E-state index in [4.69, 9.17) is 4.74 Å². The summed E-state index contributed by atoms with van der Waals surface area (Å²) in [5, 5.41) is 12.8. The summed E-state index contributed by atoms with van der Waals surface area (Å²) in [5.74, 6) is 0.120. The second-order valence-electron chi connectivity index (χ2n) is 5.73. The van der Waals surface area contributed by atoms with Gasteiger partial charge >= 0.3 is 0 Å². The van der Waals surface area contributed by atoms with E-state index < -0.39 is 11.1 Å². The highest BCUT2D eigenvalue weighted by molar-refractivity contribution is 5.82. The summed E-state index contributed by atoms with van der Waals surface area (Å²) in [6, 6.07) is 0. The molecule has 0 aromatic heterocycles. The van der Waals surface area contributed by atoms with E-state index in [-0.39, 0.29) is 17.9 Å². The van der Waals surface area contributed by atoms with Gasteiger partial charge < -0.3 is 15.2 Å². The van der Waals surface area contributed by atoms with Gasteiger partial charge in [-0.15, -0.1) is 0 Å². The topological polar surface area (TPSA) is 58.6 Å². The maximum Gasteiger partial charge on any atom is 0.249 e. The standard InChI is InChI=1S/C12H23NO3/c1-8-6-7-16-9(8)10(14)13-11(2,3)12(4,5)15/h8-9,15H,6-7H2,1-5H3,(H,13,14). The largest absolute Gasteiger partial charge is 0.388 e. The van der Waals surface area contributed by atoms with Gasteiger partial charge in [0.05, 0.1) is 11.1 Å². The van der Waals surface area contributed by atoms with E-state index in [1.54, 1.807) is 13.8 Å². The number of aliphatic hydroxyl groups is 1. The smallest absolute Gasteiger partial charge is 0.249 e. The van der Waals surface area contributed by atoms with Crippen molar-refractivity contribution in [2.45, 2.75) is 58.3 Å². The number of rotatable bonds is 3. The Morgan fingerprint density at radius 1 is 1.38 bits per heavy atom. The van der Waals surface area contributed by atoms with E-state index in [9.17, 15) is 9.90 Å². The molecule has 0 radical (unpaired) electrons. The predicted molar refractivity (Wildman–Crippen MR) is 62.0 cm³/mol. The van der Waals surface area contributed by atoms with E-state index in [1.165, 1.54) is 0 Å². The van der Waals surface area contributed by atoms with Gasteiger partial charge in [0, 0.05) is 6.61 Å². The number of amides is 1. The zero-order valence-electron chi connectivity index (χ0n) is 10.8. The monoisotopic (exact) mass is 229 g/mol. The highest BCUT2D eigenvalue weighted by atomic mass is 16.5. The second kappa shape index (κ2) is 4.34. The molecule has 1 heterocycles. The van der Waals surface area contributed by atoms with Crippen molar-refractivity contribution in [3.05, 3.63) is 0 Å². The summed E-state index contributed by atoms with van der Waals surface area (Å²) in [6.45, 7) is 9.64. The Labute approximate surface area is 97.4 Å².